The molecule has 3 rings (SSSR count). The molecule has 2 amide bonds. The van der Waals surface area contributed by atoms with Crippen LogP contribution in [0.3, 0.4) is 0 Å². The average Bonchev–Trinajstić information content (AvgIpc) is 2.86. The number of nitrogens with zero attached hydrogens (tertiary/aromatic N) is 2. The summed E-state index contributed by atoms with van der Waals surface area (Å²) in [5.41, 5.74) is 1.79. The number of anilines is 1. The number of rotatable bonds is 9. The number of nitrogens with one attached hydrogen (secondary N) is 1. The number of halogens is 2. The van der Waals surface area contributed by atoms with Crippen molar-refractivity contribution in [3.63, 3.8) is 0 Å². The maximum absolute atomic E-state index is 13.7. The third kappa shape index (κ3) is 6.37. The lowest BCUT2D eigenvalue weighted by molar-refractivity contribution is -0.139. The van der Waals surface area contributed by atoms with Gasteiger partial charge in [0.05, 0.1) is 10.6 Å². The number of amides is 2. The number of carbonyl (C=O) groups excluding carboxylic acids is 2. The van der Waals surface area contributed by atoms with E-state index in [1.807, 2.05) is 6.92 Å². The fourth-order valence-corrected chi connectivity index (χ4v) is 5.47. The van der Waals surface area contributed by atoms with Crippen LogP contribution in [-0.2, 0) is 26.2 Å². The molecule has 1 N–H and O–H groups in total. The Morgan fingerprint density at radius 1 is 0.972 bits per heavy atom. The molecule has 1 atom stereocenters. The van der Waals surface area contributed by atoms with Crippen LogP contribution in [0.4, 0.5) is 5.69 Å². The molecule has 0 bridgehead atoms. The molecule has 0 aliphatic rings. The molecule has 7 nitrogen and oxygen atoms in total. The monoisotopic (exact) mass is 547 g/mol. The minimum atomic E-state index is -4.10. The van der Waals surface area contributed by atoms with Gasteiger partial charge in [-0.1, -0.05) is 65.2 Å². The number of carbonyl (C=O) groups is 2. The summed E-state index contributed by atoms with van der Waals surface area (Å²) < 4.78 is 28.4. The van der Waals surface area contributed by atoms with E-state index in [2.05, 4.69) is 5.32 Å². The van der Waals surface area contributed by atoms with Crippen LogP contribution in [-0.4, -0.2) is 44.8 Å². The van der Waals surface area contributed by atoms with E-state index in [1.165, 1.54) is 24.1 Å². The number of hydrogen-bond acceptors (Lipinski definition) is 4. The van der Waals surface area contributed by atoms with E-state index in [0.717, 1.165) is 9.87 Å². The lowest BCUT2D eigenvalue weighted by Gasteiger charge is -2.32. The normalized spacial score (nSPS) is 12.0. The van der Waals surface area contributed by atoms with E-state index in [-0.39, 0.29) is 11.4 Å². The molecule has 0 aliphatic carbocycles. The molecule has 0 saturated heterocycles. The standard InChI is InChI=1S/C26H27Cl2N3O4S/c1-18-9-13-23(14-10-18)36(34,35)31(22-7-5-4-6-8-22)17-25(32)30(19(2)26(33)29-3)16-20-11-12-21(27)15-24(20)28/h4-15,19H,16-17H2,1-3H3,(H,29,33). The van der Waals surface area contributed by atoms with E-state index >= 15 is 0 Å². The van der Waals surface area contributed by atoms with Gasteiger partial charge >= 0.3 is 0 Å². The fraction of sp³-hybridized carbons (Fsp3) is 0.231. The zero-order valence-corrected chi connectivity index (χ0v) is 22.4. The van der Waals surface area contributed by atoms with Crippen molar-refractivity contribution in [3.05, 3.63) is 94.0 Å². The second kappa shape index (κ2) is 11.8. The lowest BCUT2D eigenvalue weighted by atomic mass is 10.1. The third-order valence-corrected chi connectivity index (χ3v) is 8.08. The predicted octanol–water partition coefficient (Wildman–Crippen LogP) is 4.66. The third-order valence-electron chi connectivity index (χ3n) is 5.70. The zero-order valence-electron chi connectivity index (χ0n) is 20.1. The molecule has 0 aliphatic heterocycles. The molecule has 0 radical (unpaired) electrons. The smallest absolute Gasteiger partial charge is 0.264 e. The molecule has 190 valence electrons. The second-order valence-electron chi connectivity index (χ2n) is 8.21. The van der Waals surface area contributed by atoms with Crippen molar-refractivity contribution in [3.8, 4) is 0 Å². The Labute approximate surface area is 221 Å². The summed E-state index contributed by atoms with van der Waals surface area (Å²) in [6.45, 7) is 2.89. The van der Waals surface area contributed by atoms with Crippen molar-refractivity contribution < 1.29 is 18.0 Å². The predicted molar refractivity (Wildman–Crippen MR) is 143 cm³/mol. The van der Waals surface area contributed by atoms with Gasteiger partial charge in [0.1, 0.15) is 12.6 Å². The molecule has 0 saturated carbocycles. The van der Waals surface area contributed by atoms with Crippen LogP contribution in [0.5, 0.6) is 0 Å². The topological polar surface area (TPSA) is 86.8 Å². The first-order chi connectivity index (χ1) is 17.0. The van der Waals surface area contributed by atoms with Crippen LogP contribution in [0.25, 0.3) is 0 Å². The summed E-state index contributed by atoms with van der Waals surface area (Å²) in [5.74, 6) is -0.974. The van der Waals surface area contributed by atoms with Gasteiger partial charge in [0.15, 0.2) is 0 Å². The van der Waals surface area contributed by atoms with Crippen molar-refractivity contribution >= 4 is 50.7 Å². The average molecular weight is 548 g/mol. The quantitative estimate of drug-likeness (QED) is 0.422. The first-order valence-electron chi connectivity index (χ1n) is 11.1. The molecule has 0 aromatic heterocycles. The largest absolute Gasteiger partial charge is 0.357 e. The second-order valence-corrected chi connectivity index (χ2v) is 10.9. The van der Waals surface area contributed by atoms with Crippen LogP contribution in [0.1, 0.15) is 18.1 Å². The molecule has 0 spiro atoms. The first kappa shape index (κ1) is 27.5. The van der Waals surface area contributed by atoms with Gasteiger partial charge in [0.2, 0.25) is 11.8 Å². The van der Waals surface area contributed by atoms with Crippen molar-refractivity contribution in [2.75, 3.05) is 17.9 Å². The van der Waals surface area contributed by atoms with Gasteiger partial charge in [0.25, 0.3) is 10.0 Å². The van der Waals surface area contributed by atoms with Crippen molar-refractivity contribution in [2.24, 2.45) is 0 Å². The summed E-state index contributed by atoms with van der Waals surface area (Å²) >= 11 is 12.3. The molecule has 3 aromatic carbocycles. The number of para-hydroxylation sites is 1. The molecule has 0 fully saturated rings. The van der Waals surface area contributed by atoms with Gasteiger partial charge in [-0.2, -0.15) is 0 Å². The minimum Gasteiger partial charge on any atom is -0.357 e. The highest BCUT2D eigenvalue weighted by Crippen LogP contribution is 2.26. The Bertz CT molecular complexity index is 1330. The summed E-state index contributed by atoms with van der Waals surface area (Å²) in [6.07, 6.45) is 0. The minimum absolute atomic E-state index is 0.0172. The molecular formula is C26H27Cl2N3O4S. The molecule has 10 heteroatoms. The molecule has 1 unspecified atom stereocenters. The van der Waals surface area contributed by atoms with Crippen LogP contribution in [0, 0.1) is 6.92 Å². The number of likely N-dealkylation sites (N-methyl/N-ethyl adjacent to an activating group) is 1. The first-order valence-corrected chi connectivity index (χ1v) is 13.3. The highest BCUT2D eigenvalue weighted by atomic mass is 35.5. The molecular weight excluding hydrogens is 521 g/mol. The summed E-state index contributed by atoms with van der Waals surface area (Å²) in [4.78, 5) is 27.5. The van der Waals surface area contributed by atoms with Crippen LogP contribution in [0.15, 0.2) is 77.7 Å². The Balaban J connectivity index is 2.02. The Morgan fingerprint density at radius 3 is 2.19 bits per heavy atom. The van der Waals surface area contributed by atoms with Crippen LogP contribution >= 0.6 is 23.2 Å². The fourth-order valence-electron chi connectivity index (χ4n) is 3.59. The number of benzene rings is 3. The number of aryl methyl sites for hydroxylation is 1. The summed E-state index contributed by atoms with van der Waals surface area (Å²) in [6, 6.07) is 18.7. The van der Waals surface area contributed by atoms with Gasteiger partial charge in [-0.25, -0.2) is 8.42 Å². The van der Waals surface area contributed by atoms with E-state index in [0.29, 0.717) is 21.3 Å². The van der Waals surface area contributed by atoms with Gasteiger partial charge in [0, 0.05) is 23.6 Å². The Morgan fingerprint density at radius 2 is 1.61 bits per heavy atom. The van der Waals surface area contributed by atoms with Crippen LogP contribution in [0.2, 0.25) is 10.0 Å². The van der Waals surface area contributed by atoms with Crippen molar-refractivity contribution in [2.45, 2.75) is 31.3 Å². The summed E-state index contributed by atoms with van der Waals surface area (Å²) in [5, 5.41) is 3.30. The van der Waals surface area contributed by atoms with Crippen LogP contribution < -0.4 is 9.62 Å². The molecule has 36 heavy (non-hydrogen) atoms. The summed E-state index contributed by atoms with van der Waals surface area (Å²) in [7, 11) is -2.63. The van der Waals surface area contributed by atoms with Crippen molar-refractivity contribution in [1.29, 1.82) is 0 Å². The van der Waals surface area contributed by atoms with Gasteiger partial charge in [-0.05, 0) is 55.8 Å². The Hall–Kier alpha value is -3.07. The van der Waals surface area contributed by atoms with E-state index in [9.17, 15) is 18.0 Å². The van der Waals surface area contributed by atoms with Gasteiger partial charge in [-0.3, -0.25) is 13.9 Å². The van der Waals surface area contributed by atoms with Gasteiger partial charge in [-0.15, -0.1) is 0 Å². The van der Waals surface area contributed by atoms with E-state index in [1.54, 1.807) is 67.6 Å². The van der Waals surface area contributed by atoms with Gasteiger partial charge < -0.3 is 10.2 Å². The van der Waals surface area contributed by atoms with E-state index < -0.39 is 34.4 Å². The van der Waals surface area contributed by atoms with Crippen molar-refractivity contribution in [1.82, 2.24) is 10.2 Å². The maximum Gasteiger partial charge on any atom is 0.264 e. The maximum atomic E-state index is 13.7. The molecule has 0 heterocycles. The number of hydrogen-bond donors (Lipinski definition) is 1. The molecule has 3 aromatic rings. The number of sulfonamides is 1. The van der Waals surface area contributed by atoms with E-state index in [4.69, 9.17) is 23.2 Å². The lowest BCUT2D eigenvalue weighted by Crippen LogP contribution is -2.50. The highest BCUT2D eigenvalue weighted by molar-refractivity contribution is 7.92. The zero-order chi connectivity index (χ0) is 26.5. The SMILES string of the molecule is CNC(=O)C(C)N(Cc1ccc(Cl)cc1Cl)C(=O)CN(c1ccccc1)S(=O)(=O)c1ccc(C)cc1. The Kier molecular flexibility index (Phi) is 9.00. The highest BCUT2D eigenvalue weighted by Gasteiger charge is 2.32.